The number of nitrogens with zero attached hydrogens (tertiary/aromatic N) is 2. The fourth-order valence-electron chi connectivity index (χ4n) is 3.12. The van der Waals surface area contributed by atoms with Gasteiger partial charge >= 0.3 is 5.97 Å². The molecule has 0 aliphatic carbocycles. The van der Waals surface area contributed by atoms with E-state index in [1.165, 1.54) is 4.31 Å². The molecule has 0 bridgehead atoms. The molecule has 1 aromatic rings. The number of carbonyl (C=O) groups is 1. The first-order chi connectivity index (χ1) is 11.6. The zero-order valence-corrected chi connectivity index (χ0v) is 16.2. The van der Waals surface area contributed by atoms with Crippen molar-refractivity contribution in [3.8, 4) is 0 Å². The SMILES string of the molecule is CCC(C(=O)O)N1CCN(S(=O)(=O)c2ccc(C(C)(C)C)cc2)CC1. The second-order valence-corrected chi connectivity index (χ2v) is 9.41. The zero-order chi connectivity index (χ0) is 18.8. The van der Waals surface area contributed by atoms with Gasteiger partial charge in [0.1, 0.15) is 6.04 Å². The van der Waals surface area contributed by atoms with Gasteiger partial charge in [-0.3, -0.25) is 9.69 Å². The first-order valence-electron chi connectivity index (χ1n) is 8.65. The zero-order valence-electron chi connectivity index (χ0n) is 15.4. The van der Waals surface area contributed by atoms with Crippen molar-refractivity contribution in [2.24, 2.45) is 0 Å². The summed E-state index contributed by atoms with van der Waals surface area (Å²) in [5.41, 5.74) is 1.06. The van der Waals surface area contributed by atoms with E-state index in [1.807, 2.05) is 24.0 Å². The summed E-state index contributed by atoms with van der Waals surface area (Å²) in [6.07, 6.45) is 0.510. The van der Waals surface area contributed by atoms with Gasteiger partial charge in [-0.15, -0.1) is 0 Å². The molecule has 2 rings (SSSR count). The predicted octanol–water partition coefficient (Wildman–Crippen LogP) is 2.15. The highest BCUT2D eigenvalue weighted by molar-refractivity contribution is 7.89. The summed E-state index contributed by atoms with van der Waals surface area (Å²) >= 11 is 0. The number of sulfonamides is 1. The third-order valence-corrected chi connectivity index (χ3v) is 6.66. The molecule has 1 saturated heterocycles. The van der Waals surface area contributed by atoms with Gasteiger partial charge in [0.05, 0.1) is 4.90 Å². The lowest BCUT2D eigenvalue weighted by Crippen LogP contribution is -2.53. The Kier molecular flexibility index (Phi) is 5.91. The summed E-state index contributed by atoms with van der Waals surface area (Å²) in [6, 6.07) is 6.50. The number of carboxylic acids is 1. The maximum absolute atomic E-state index is 12.8. The number of piperazine rings is 1. The van der Waals surface area contributed by atoms with Gasteiger partial charge < -0.3 is 5.11 Å². The van der Waals surface area contributed by atoms with Crippen LogP contribution in [-0.2, 0) is 20.2 Å². The molecule has 0 amide bonds. The van der Waals surface area contributed by atoms with Crippen LogP contribution in [0.1, 0.15) is 39.7 Å². The topological polar surface area (TPSA) is 77.9 Å². The first-order valence-corrected chi connectivity index (χ1v) is 10.1. The second kappa shape index (κ2) is 7.43. The molecular formula is C18H28N2O4S. The Morgan fingerprint density at radius 2 is 1.64 bits per heavy atom. The quantitative estimate of drug-likeness (QED) is 0.862. The number of hydrogen-bond donors (Lipinski definition) is 1. The average molecular weight is 368 g/mol. The van der Waals surface area contributed by atoms with Crippen LogP contribution in [0.4, 0.5) is 0 Å². The highest BCUT2D eigenvalue weighted by atomic mass is 32.2. The molecule has 1 unspecified atom stereocenters. The molecule has 0 saturated carbocycles. The van der Waals surface area contributed by atoms with E-state index in [0.717, 1.165) is 5.56 Å². The number of benzene rings is 1. The lowest BCUT2D eigenvalue weighted by Gasteiger charge is -2.36. The standard InChI is InChI=1S/C18H28N2O4S/c1-5-16(17(21)22)19-10-12-20(13-11-19)25(23,24)15-8-6-14(7-9-15)18(2,3)4/h6-9,16H,5,10-13H2,1-4H3,(H,21,22). The third kappa shape index (κ3) is 4.40. The van der Waals surface area contributed by atoms with E-state index in [2.05, 4.69) is 20.8 Å². The molecule has 0 aromatic heterocycles. The first kappa shape index (κ1) is 19.9. The highest BCUT2D eigenvalue weighted by Crippen LogP contribution is 2.25. The minimum Gasteiger partial charge on any atom is -0.480 e. The molecule has 1 aliphatic rings. The molecule has 0 spiro atoms. The predicted molar refractivity (Wildman–Crippen MR) is 97.2 cm³/mol. The summed E-state index contributed by atoms with van der Waals surface area (Å²) in [5, 5.41) is 9.25. The summed E-state index contributed by atoms with van der Waals surface area (Å²) in [7, 11) is -3.54. The van der Waals surface area contributed by atoms with Crippen molar-refractivity contribution >= 4 is 16.0 Å². The minimum absolute atomic E-state index is 0.0279. The van der Waals surface area contributed by atoms with Gasteiger partial charge in [0.15, 0.2) is 0 Å². The van der Waals surface area contributed by atoms with E-state index in [1.54, 1.807) is 12.1 Å². The second-order valence-electron chi connectivity index (χ2n) is 7.48. The molecule has 1 heterocycles. The number of hydrogen-bond acceptors (Lipinski definition) is 4. The van der Waals surface area contributed by atoms with E-state index in [0.29, 0.717) is 37.5 Å². The van der Waals surface area contributed by atoms with Crippen molar-refractivity contribution in [2.75, 3.05) is 26.2 Å². The van der Waals surface area contributed by atoms with Gasteiger partial charge in [-0.05, 0) is 29.5 Å². The largest absolute Gasteiger partial charge is 0.480 e. The highest BCUT2D eigenvalue weighted by Gasteiger charge is 2.32. The Bertz CT molecular complexity index is 700. The Morgan fingerprint density at radius 1 is 1.12 bits per heavy atom. The van der Waals surface area contributed by atoms with Gasteiger partial charge in [-0.1, -0.05) is 39.8 Å². The molecule has 6 nitrogen and oxygen atoms in total. The molecule has 1 fully saturated rings. The molecule has 1 N–H and O–H groups in total. The van der Waals surface area contributed by atoms with Crippen LogP contribution in [0.2, 0.25) is 0 Å². The van der Waals surface area contributed by atoms with Crippen LogP contribution < -0.4 is 0 Å². The fourth-order valence-corrected chi connectivity index (χ4v) is 4.54. The molecule has 0 radical (unpaired) electrons. The minimum atomic E-state index is -3.54. The molecule has 140 valence electrons. The van der Waals surface area contributed by atoms with Crippen molar-refractivity contribution in [3.05, 3.63) is 29.8 Å². The average Bonchev–Trinajstić information content (AvgIpc) is 2.55. The monoisotopic (exact) mass is 368 g/mol. The van der Waals surface area contributed by atoms with E-state index in [4.69, 9.17) is 0 Å². The summed E-state index contributed by atoms with van der Waals surface area (Å²) in [4.78, 5) is 13.4. The van der Waals surface area contributed by atoms with Crippen LogP contribution in [0.25, 0.3) is 0 Å². The molecular weight excluding hydrogens is 340 g/mol. The molecule has 1 aromatic carbocycles. The summed E-state index contributed by atoms with van der Waals surface area (Å²) in [6.45, 7) is 9.58. The third-order valence-electron chi connectivity index (χ3n) is 4.74. The Morgan fingerprint density at radius 3 is 2.04 bits per heavy atom. The summed E-state index contributed by atoms with van der Waals surface area (Å²) in [5.74, 6) is -0.850. The van der Waals surface area contributed by atoms with Gasteiger partial charge in [0.2, 0.25) is 10.0 Å². The molecule has 7 heteroatoms. The smallest absolute Gasteiger partial charge is 0.320 e. The van der Waals surface area contributed by atoms with E-state index in [-0.39, 0.29) is 5.41 Å². The number of carboxylic acid groups (broad SMARTS) is 1. The van der Waals surface area contributed by atoms with Crippen molar-refractivity contribution in [1.29, 1.82) is 0 Å². The van der Waals surface area contributed by atoms with Crippen molar-refractivity contribution in [1.82, 2.24) is 9.21 Å². The number of rotatable bonds is 5. The lowest BCUT2D eigenvalue weighted by molar-refractivity contribution is -0.143. The van der Waals surface area contributed by atoms with Crippen LogP contribution in [0.3, 0.4) is 0 Å². The maximum atomic E-state index is 12.8. The van der Waals surface area contributed by atoms with Crippen LogP contribution in [0, 0.1) is 0 Å². The van der Waals surface area contributed by atoms with Crippen LogP contribution >= 0.6 is 0 Å². The van der Waals surface area contributed by atoms with Crippen LogP contribution in [0.5, 0.6) is 0 Å². The maximum Gasteiger partial charge on any atom is 0.320 e. The molecule has 25 heavy (non-hydrogen) atoms. The van der Waals surface area contributed by atoms with Gasteiger partial charge in [-0.25, -0.2) is 8.42 Å². The van der Waals surface area contributed by atoms with Crippen molar-refractivity contribution in [3.63, 3.8) is 0 Å². The fraction of sp³-hybridized carbons (Fsp3) is 0.611. The van der Waals surface area contributed by atoms with Gasteiger partial charge in [-0.2, -0.15) is 4.31 Å². The number of aliphatic carboxylic acids is 1. The van der Waals surface area contributed by atoms with Crippen LogP contribution in [-0.4, -0.2) is 60.9 Å². The Balaban J connectivity index is 2.10. The molecule has 1 atom stereocenters. The normalized spacial score (nSPS) is 18.9. The van der Waals surface area contributed by atoms with E-state index < -0.39 is 22.0 Å². The van der Waals surface area contributed by atoms with Crippen molar-refractivity contribution in [2.45, 2.75) is 50.5 Å². The van der Waals surface area contributed by atoms with E-state index in [9.17, 15) is 18.3 Å². The van der Waals surface area contributed by atoms with E-state index >= 15 is 0 Å². The summed E-state index contributed by atoms with van der Waals surface area (Å²) < 4.78 is 27.1. The van der Waals surface area contributed by atoms with Crippen LogP contribution in [0.15, 0.2) is 29.2 Å². The van der Waals surface area contributed by atoms with Gasteiger partial charge in [0.25, 0.3) is 0 Å². The lowest BCUT2D eigenvalue weighted by atomic mass is 9.87. The Labute approximate surface area is 150 Å². The Hall–Kier alpha value is -1.44. The molecule has 1 aliphatic heterocycles. The van der Waals surface area contributed by atoms with Gasteiger partial charge in [0, 0.05) is 26.2 Å². The van der Waals surface area contributed by atoms with Crippen molar-refractivity contribution < 1.29 is 18.3 Å².